The number of rotatable bonds is 10. The van der Waals surface area contributed by atoms with Crippen molar-refractivity contribution < 1.29 is 27.8 Å². The summed E-state index contributed by atoms with van der Waals surface area (Å²) >= 11 is 0. The van der Waals surface area contributed by atoms with E-state index >= 15 is 0 Å². The smallest absolute Gasteiger partial charge is 0.388 e. The lowest BCUT2D eigenvalue weighted by Crippen LogP contribution is -2.76. The molecular weight excluding hydrogens is 650 g/mol. The van der Waals surface area contributed by atoms with Crippen LogP contribution in [0, 0.1) is 11.3 Å². The summed E-state index contributed by atoms with van der Waals surface area (Å²) in [5.41, 5.74) is 2.40. The van der Waals surface area contributed by atoms with Crippen LogP contribution in [0.25, 0.3) is 16.9 Å². The number of fused-ring (bicyclic) bond motifs is 2. The van der Waals surface area contributed by atoms with Crippen LogP contribution in [0.2, 0.25) is 0 Å². The zero-order valence-electron chi connectivity index (χ0n) is 28.5. The van der Waals surface area contributed by atoms with Gasteiger partial charge in [-0.15, -0.1) is 10.2 Å². The monoisotopic (exact) mass is 692 g/mol. The number of pyridine rings is 2. The number of amides is 2. The number of anilines is 1. The number of alkyl halides is 2. The van der Waals surface area contributed by atoms with Crippen molar-refractivity contribution in [2.45, 2.75) is 96.5 Å². The maximum absolute atomic E-state index is 14.5. The third-order valence-electron chi connectivity index (χ3n) is 11.7. The molecule has 6 aliphatic rings. The van der Waals surface area contributed by atoms with Crippen LogP contribution in [0.15, 0.2) is 29.2 Å². The number of nitrogens with zero attached hydrogens (tertiary/aromatic N) is 7. The molecule has 2 amide bonds. The maximum atomic E-state index is 14.5. The fourth-order valence-corrected chi connectivity index (χ4v) is 9.02. The highest BCUT2D eigenvalue weighted by molar-refractivity contribution is 5.97. The van der Waals surface area contributed by atoms with Gasteiger partial charge in [0.05, 0.1) is 25.0 Å². The highest BCUT2D eigenvalue weighted by Crippen LogP contribution is 2.70. The van der Waals surface area contributed by atoms with Gasteiger partial charge >= 0.3 is 6.61 Å². The van der Waals surface area contributed by atoms with E-state index in [4.69, 9.17) is 14.9 Å². The molecule has 2 atom stereocenters. The number of carbonyl (C=O) groups is 2. The van der Waals surface area contributed by atoms with Gasteiger partial charge in [0.1, 0.15) is 17.8 Å². The number of nitrogens with one attached hydrogen (secondary N) is 1. The van der Waals surface area contributed by atoms with E-state index in [0.29, 0.717) is 67.4 Å². The number of halogens is 2. The van der Waals surface area contributed by atoms with Crippen LogP contribution in [0.4, 0.5) is 14.5 Å². The average Bonchev–Trinajstić information content (AvgIpc) is 3.50. The summed E-state index contributed by atoms with van der Waals surface area (Å²) in [4.78, 5) is 51.1. The fourth-order valence-electron chi connectivity index (χ4n) is 9.02. The lowest BCUT2D eigenvalue weighted by molar-refractivity contribution is -0.187. The number of ether oxygens (including phenoxy) is 2. The van der Waals surface area contributed by atoms with Gasteiger partial charge in [-0.25, -0.2) is 4.98 Å². The van der Waals surface area contributed by atoms with Gasteiger partial charge in [0.25, 0.3) is 5.91 Å². The zero-order chi connectivity index (χ0) is 34.9. The zero-order valence-corrected chi connectivity index (χ0v) is 28.5. The van der Waals surface area contributed by atoms with Crippen molar-refractivity contribution in [1.29, 1.82) is 0 Å². The normalized spacial score (nSPS) is 27.0. The number of aromatic nitrogens is 5. The van der Waals surface area contributed by atoms with E-state index in [1.54, 1.807) is 4.90 Å². The Morgan fingerprint density at radius 1 is 1.14 bits per heavy atom. The van der Waals surface area contributed by atoms with Crippen molar-refractivity contribution in [3.63, 3.8) is 0 Å². The van der Waals surface area contributed by atoms with Crippen LogP contribution in [0.3, 0.4) is 0 Å². The minimum Gasteiger partial charge on any atom is -0.416 e. The van der Waals surface area contributed by atoms with Crippen molar-refractivity contribution in [3.05, 3.63) is 45.9 Å². The van der Waals surface area contributed by atoms with Crippen LogP contribution < -0.4 is 20.4 Å². The first kappa shape index (κ1) is 32.8. The van der Waals surface area contributed by atoms with E-state index < -0.39 is 18.4 Å². The molecule has 2 aliphatic heterocycles. The second-order valence-electron chi connectivity index (χ2n) is 14.8. The van der Waals surface area contributed by atoms with Gasteiger partial charge in [-0.3, -0.25) is 14.4 Å². The van der Waals surface area contributed by atoms with Crippen molar-refractivity contribution >= 4 is 34.4 Å². The van der Waals surface area contributed by atoms with Crippen LogP contribution >= 0.6 is 0 Å². The predicted molar refractivity (Wildman–Crippen MR) is 179 cm³/mol. The standard InChI is InChI=1S/C35H42F2N8O5/c1-4-23-28(42-12-13-43(25-8-7-24(25)42)32(48)22-6-5-11-38-31(22)50-33(36)37)29(47)27-30(41-45(40-27)21-9-14-49-15-10-21)44(23)16-26(46)39-35-17-34(18-35,19-35)20(2)3/h5-6,9,11,20,24-25,33H,4,7-8,10,12-19H2,1-3H3,(H,39,46)/t24-,25-,34?,35?/m0/s1. The summed E-state index contributed by atoms with van der Waals surface area (Å²) in [7, 11) is 0. The maximum Gasteiger partial charge on any atom is 0.388 e. The third kappa shape index (κ3) is 5.18. The molecule has 266 valence electrons. The van der Waals surface area contributed by atoms with Crippen LogP contribution in [0.5, 0.6) is 5.88 Å². The van der Waals surface area contributed by atoms with Crippen molar-refractivity contribution in [2.24, 2.45) is 11.3 Å². The van der Waals surface area contributed by atoms with Gasteiger partial charge in [0.2, 0.25) is 17.2 Å². The molecule has 4 aliphatic carbocycles. The van der Waals surface area contributed by atoms with E-state index in [1.165, 1.54) is 23.1 Å². The van der Waals surface area contributed by atoms with Crippen LogP contribution in [-0.4, -0.2) is 91.8 Å². The molecule has 5 heterocycles. The van der Waals surface area contributed by atoms with Gasteiger partial charge in [0.15, 0.2) is 11.2 Å². The molecule has 0 aromatic carbocycles. The molecule has 3 aromatic heterocycles. The van der Waals surface area contributed by atoms with Gasteiger partial charge in [-0.05, 0) is 68.1 Å². The molecule has 5 fully saturated rings. The van der Waals surface area contributed by atoms with Crippen LogP contribution in [-0.2, 0) is 22.5 Å². The summed E-state index contributed by atoms with van der Waals surface area (Å²) < 4.78 is 38.1. The number of hydrogen-bond acceptors (Lipinski definition) is 9. The van der Waals surface area contributed by atoms with Gasteiger partial charge in [0, 0.05) is 43.0 Å². The Hall–Kier alpha value is -4.40. The van der Waals surface area contributed by atoms with E-state index in [9.17, 15) is 23.2 Å². The van der Waals surface area contributed by atoms with Crippen molar-refractivity contribution in [1.82, 2.24) is 34.8 Å². The largest absolute Gasteiger partial charge is 0.416 e. The van der Waals surface area contributed by atoms with Gasteiger partial charge < -0.3 is 29.2 Å². The molecule has 0 unspecified atom stereocenters. The quantitative estimate of drug-likeness (QED) is 0.338. The summed E-state index contributed by atoms with van der Waals surface area (Å²) in [5, 5.41) is 12.8. The highest BCUT2D eigenvalue weighted by atomic mass is 19.3. The summed E-state index contributed by atoms with van der Waals surface area (Å²) in [6.45, 7) is 4.84. The van der Waals surface area contributed by atoms with Crippen molar-refractivity contribution in [3.8, 4) is 5.88 Å². The molecule has 4 saturated carbocycles. The Morgan fingerprint density at radius 2 is 1.92 bits per heavy atom. The number of hydrogen-bond donors (Lipinski definition) is 1. The Morgan fingerprint density at radius 3 is 2.58 bits per heavy atom. The first-order valence-electron chi connectivity index (χ1n) is 17.6. The second-order valence-corrected chi connectivity index (χ2v) is 14.8. The highest BCUT2D eigenvalue weighted by Gasteiger charge is 2.69. The van der Waals surface area contributed by atoms with E-state index in [1.807, 2.05) is 17.6 Å². The molecule has 9 rings (SSSR count). The average molecular weight is 693 g/mol. The first-order chi connectivity index (χ1) is 24.0. The van der Waals surface area contributed by atoms with Crippen molar-refractivity contribution in [2.75, 3.05) is 31.2 Å². The van der Waals surface area contributed by atoms with Gasteiger partial charge in [-0.2, -0.15) is 13.6 Å². The molecule has 50 heavy (non-hydrogen) atoms. The van der Waals surface area contributed by atoms with E-state index in [-0.39, 0.29) is 53.1 Å². The van der Waals surface area contributed by atoms with Crippen LogP contribution in [0.1, 0.15) is 75.3 Å². The third-order valence-corrected chi connectivity index (χ3v) is 11.7. The molecule has 15 heteroatoms. The lowest BCUT2D eigenvalue weighted by Gasteiger charge is -2.72. The SMILES string of the molecule is CCc1c(N2CCN(C(=O)c3cccnc3OC(F)F)[C@H]3CC[C@@H]32)c(=O)c2nn(C3=CCOCC3)nc2n1CC(=O)NC12CC(C(C)C)(C1)C2. The molecule has 0 spiro atoms. The molecule has 3 aromatic rings. The number of piperazine rings is 1. The van der Waals surface area contributed by atoms with Gasteiger partial charge in [-0.1, -0.05) is 20.8 Å². The Labute approximate surface area is 287 Å². The van der Waals surface area contributed by atoms with E-state index in [2.05, 4.69) is 33.8 Å². The minimum atomic E-state index is -3.12. The topological polar surface area (TPSA) is 137 Å². The Bertz CT molecular complexity index is 1940. The molecule has 0 radical (unpaired) electrons. The summed E-state index contributed by atoms with van der Waals surface area (Å²) in [5.74, 6) is -0.398. The predicted octanol–water partition coefficient (Wildman–Crippen LogP) is 3.60. The fraction of sp³-hybridized carbons (Fsp3) is 0.600. The molecule has 1 saturated heterocycles. The summed E-state index contributed by atoms with van der Waals surface area (Å²) in [6, 6.07) is 2.50. The molecule has 13 nitrogen and oxygen atoms in total. The Kier molecular flexibility index (Phi) is 7.95. The molecule has 2 bridgehead atoms. The number of carbonyl (C=O) groups excluding carboxylic acids is 2. The molecule has 1 N–H and O–H groups in total. The Balaban J connectivity index is 1.13. The minimum absolute atomic E-state index is 0.00923. The lowest BCUT2D eigenvalue weighted by atomic mass is 9.36. The summed E-state index contributed by atoms with van der Waals surface area (Å²) in [6.07, 6.45) is 8.62. The molecular formula is C35H42F2N8O5. The first-order valence-corrected chi connectivity index (χ1v) is 17.6. The van der Waals surface area contributed by atoms with E-state index in [0.717, 1.165) is 31.4 Å². The second kappa shape index (κ2) is 12.1.